The second-order valence-corrected chi connectivity index (χ2v) is 4.53. The molecule has 102 valence electrons. The second kappa shape index (κ2) is 5.12. The van der Waals surface area contributed by atoms with Crippen molar-refractivity contribution in [3.63, 3.8) is 0 Å². The zero-order valence-corrected chi connectivity index (χ0v) is 11.0. The van der Waals surface area contributed by atoms with Crippen LogP contribution in [0.4, 0.5) is 0 Å². The van der Waals surface area contributed by atoms with Gasteiger partial charge in [-0.3, -0.25) is 4.79 Å². The van der Waals surface area contributed by atoms with E-state index in [9.17, 15) is 4.79 Å². The molecule has 0 bridgehead atoms. The molecule has 3 aromatic rings. The fraction of sp³-hybridized carbons (Fsp3) is 0.231. The Balaban J connectivity index is 1.66. The first kappa shape index (κ1) is 12.3. The molecule has 1 amide bonds. The van der Waals surface area contributed by atoms with E-state index in [0.29, 0.717) is 18.8 Å². The third-order valence-electron chi connectivity index (χ3n) is 3.18. The number of aromatic nitrogens is 5. The molecule has 7 nitrogen and oxygen atoms in total. The molecule has 3 rings (SSSR count). The van der Waals surface area contributed by atoms with Gasteiger partial charge in [-0.15, -0.1) is 5.10 Å². The normalized spacial score (nSPS) is 10.8. The van der Waals surface area contributed by atoms with Gasteiger partial charge in [0.1, 0.15) is 0 Å². The molecule has 0 radical (unpaired) electrons. The van der Waals surface area contributed by atoms with Crippen LogP contribution in [0.15, 0.2) is 30.5 Å². The Morgan fingerprint density at radius 3 is 3.05 bits per heavy atom. The molecule has 7 heteroatoms. The zero-order chi connectivity index (χ0) is 13.9. The monoisotopic (exact) mass is 270 g/mol. The zero-order valence-electron chi connectivity index (χ0n) is 11.0. The van der Waals surface area contributed by atoms with E-state index in [0.717, 1.165) is 16.5 Å². The van der Waals surface area contributed by atoms with Crippen molar-refractivity contribution >= 4 is 16.8 Å². The van der Waals surface area contributed by atoms with Crippen molar-refractivity contribution in [1.82, 2.24) is 30.5 Å². The van der Waals surface area contributed by atoms with Crippen LogP contribution in [0.1, 0.15) is 11.4 Å². The number of aromatic amines is 1. The van der Waals surface area contributed by atoms with Crippen LogP contribution in [0.5, 0.6) is 0 Å². The highest BCUT2D eigenvalue weighted by atomic mass is 16.1. The van der Waals surface area contributed by atoms with Gasteiger partial charge in [0.2, 0.25) is 5.91 Å². The molecule has 2 N–H and O–H groups in total. The van der Waals surface area contributed by atoms with Gasteiger partial charge in [-0.1, -0.05) is 18.2 Å². The van der Waals surface area contributed by atoms with Crippen molar-refractivity contribution in [1.29, 1.82) is 0 Å². The molecule has 1 aromatic carbocycles. The van der Waals surface area contributed by atoms with Gasteiger partial charge < -0.3 is 10.3 Å². The van der Waals surface area contributed by atoms with E-state index < -0.39 is 0 Å². The highest BCUT2D eigenvalue weighted by Gasteiger charge is 2.09. The van der Waals surface area contributed by atoms with Gasteiger partial charge in [0, 0.05) is 24.1 Å². The number of rotatable bonds is 4. The van der Waals surface area contributed by atoms with Gasteiger partial charge in [-0.25, -0.2) is 4.68 Å². The predicted octanol–water partition coefficient (Wildman–Crippen LogP) is 0.550. The average Bonchev–Trinajstić information content (AvgIpc) is 3.04. The standard InChI is InChI=1S/C13H14N6O/c1-19-12(16-17-18-19)8-15-13(20)6-9-7-14-11-5-3-2-4-10(9)11/h2-5,7,14H,6,8H2,1H3,(H,15,20). The third kappa shape index (κ3) is 2.37. The number of carbonyl (C=O) groups is 1. The molecule has 0 aliphatic carbocycles. The van der Waals surface area contributed by atoms with Gasteiger partial charge in [-0.2, -0.15) is 0 Å². The van der Waals surface area contributed by atoms with E-state index >= 15 is 0 Å². The van der Waals surface area contributed by atoms with Crippen LogP contribution in [-0.4, -0.2) is 31.1 Å². The Kier molecular flexibility index (Phi) is 3.16. The molecule has 0 unspecified atom stereocenters. The van der Waals surface area contributed by atoms with Crippen molar-refractivity contribution in [2.45, 2.75) is 13.0 Å². The number of benzene rings is 1. The SMILES string of the molecule is Cn1nnnc1CNC(=O)Cc1c[nH]c2ccccc12. The quantitative estimate of drug-likeness (QED) is 0.724. The number of H-pyrrole nitrogens is 1. The third-order valence-corrected chi connectivity index (χ3v) is 3.18. The molecule has 0 fully saturated rings. The summed E-state index contributed by atoms with van der Waals surface area (Å²) in [6, 6.07) is 7.91. The van der Waals surface area contributed by atoms with Crippen LogP contribution >= 0.6 is 0 Å². The lowest BCUT2D eigenvalue weighted by molar-refractivity contribution is -0.120. The maximum atomic E-state index is 12.0. The maximum Gasteiger partial charge on any atom is 0.224 e. The molecule has 2 aromatic heterocycles. The summed E-state index contributed by atoms with van der Waals surface area (Å²) in [7, 11) is 1.74. The fourth-order valence-electron chi connectivity index (χ4n) is 2.09. The number of nitrogens with one attached hydrogen (secondary N) is 2. The number of fused-ring (bicyclic) bond motifs is 1. The lowest BCUT2D eigenvalue weighted by Crippen LogP contribution is -2.26. The number of nitrogens with zero attached hydrogens (tertiary/aromatic N) is 4. The summed E-state index contributed by atoms with van der Waals surface area (Å²) < 4.78 is 1.53. The number of tetrazole rings is 1. The Bertz CT molecular complexity index is 744. The largest absolute Gasteiger partial charge is 0.361 e. The lowest BCUT2D eigenvalue weighted by Gasteiger charge is -2.03. The molecular formula is C13H14N6O. The first-order valence-corrected chi connectivity index (χ1v) is 6.27. The predicted molar refractivity (Wildman–Crippen MR) is 72.6 cm³/mol. The summed E-state index contributed by atoms with van der Waals surface area (Å²) in [5.41, 5.74) is 2.02. The lowest BCUT2D eigenvalue weighted by atomic mass is 10.1. The highest BCUT2D eigenvalue weighted by Crippen LogP contribution is 2.17. The molecule has 0 aliphatic heterocycles. The Morgan fingerprint density at radius 1 is 1.40 bits per heavy atom. The van der Waals surface area contributed by atoms with E-state index in [2.05, 4.69) is 25.8 Å². The van der Waals surface area contributed by atoms with Gasteiger partial charge in [0.25, 0.3) is 0 Å². The number of carbonyl (C=O) groups excluding carboxylic acids is 1. The van der Waals surface area contributed by atoms with Crippen LogP contribution in [0.25, 0.3) is 10.9 Å². The molecule has 0 aliphatic rings. The van der Waals surface area contributed by atoms with E-state index in [1.807, 2.05) is 30.5 Å². The van der Waals surface area contributed by atoms with Crippen LogP contribution in [0.2, 0.25) is 0 Å². The summed E-state index contributed by atoms with van der Waals surface area (Å²) in [5, 5.41) is 14.9. The maximum absolute atomic E-state index is 12.0. The molecule has 2 heterocycles. The minimum atomic E-state index is -0.0576. The summed E-state index contributed by atoms with van der Waals surface area (Å²) in [6.45, 7) is 0.324. The minimum absolute atomic E-state index is 0.0576. The topological polar surface area (TPSA) is 88.5 Å². The first-order valence-electron chi connectivity index (χ1n) is 6.27. The number of amides is 1. The summed E-state index contributed by atoms with van der Waals surface area (Å²) in [6.07, 6.45) is 2.20. The Labute approximate surface area is 115 Å². The van der Waals surface area contributed by atoms with E-state index in [4.69, 9.17) is 0 Å². The number of aryl methyl sites for hydroxylation is 1. The molecule has 20 heavy (non-hydrogen) atoms. The summed E-state index contributed by atoms with van der Waals surface area (Å²) in [5.74, 6) is 0.565. The molecule has 0 atom stereocenters. The van der Waals surface area contributed by atoms with Gasteiger partial charge >= 0.3 is 0 Å². The molecule has 0 saturated heterocycles. The first-order chi connectivity index (χ1) is 9.74. The summed E-state index contributed by atoms with van der Waals surface area (Å²) in [4.78, 5) is 15.1. The fourth-order valence-corrected chi connectivity index (χ4v) is 2.09. The summed E-state index contributed by atoms with van der Waals surface area (Å²) >= 11 is 0. The van der Waals surface area contributed by atoms with Gasteiger partial charge in [-0.05, 0) is 22.1 Å². The van der Waals surface area contributed by atoms with Gasteiger partial charge in [0.05, 0.1) is 13.0 Å². The van der Waals surface area contributed by atoms with E-state index in [1.54, 1.807) is 7.05 Å². The highest BCUT2D eigenvalue weighted by molar-refractivity contribution is 5.88. The second-order valence-electron chi connectivity index (χ2n) is 4.53. The van der Waals surface area contributed by atoms with Crippen LogP contribution in [-0.2, 0) is 24.8 Å². The Hall–Kier alpha value is -2.70. The number of para-hydroxylation sites is 1. The van der Waals surface area contributed by atoms with Crippen molar-refractivity contribution in [3.05, 3.63) is 41.9 Å². The van der Waals surface area contributed by atoms with Crippen molar-refractivity contribution in [2.75, 3.05) is 0 Å². The number of hydrogen-bond acceptors (Lipinski definition) is 4. The van der Waals surface area contributed by atoms with Crippen LogP contribution < -0.4 is 5.32 Å². The van der Waals surface area contributed by atoms with Crippen molar-refractivity contribution in [2.24, 2.45) is 7.05 Å². The minimum Gasteiger partial charge on any atom is -0.361 e. The smallest absolute Gasteiger partial charge is 0.224 e. The number of hydrogen-bond donors (Lipinski definition) is 2. The van der Waals surface area contributed by atoms with Crippen LogP contribution in [0.3, 0.4) is 0 Å². The molecule has 0 saturated carbocycles. The van der Waals surface area contributed by atoms with Crippen molar-refractivity contribution in [3.8, 4) is 0 Å². The molecule has 0 spiro atoms. The molecular weight excluding hydrogens is 256 g/mol. The average molecular weight is 270 g/mol. The van der Waals surface area contributed by atoms with Crippen molar-refractivity contribution < 1.29 is 4.79 Å². The Morgan fingerprint density at radius 2 is 2.25 bits per heavy atom. The van der Waals surface area contributed by atoms with Crippen LogP contribution in [0, 0.1) is 0 Å². The van der Waals surface area contributed by atoms with Gasteiger partial charge in [0.15, 0.2) is 5.82 Å². The van der Waals surface area contributed by atoms with E-state index in [1.165, 1.54) is 4.68 Å². The van der Waals surface area contributed by atoms with E-state index in [-0.39, 0.29) is 5.91 Å².